The van der Waals surface area contributed by atoms with Crippen LogP contribution < -0.4 is 0 Å². The lowest BCUT2D eigenvalue weighted by atomic mass is 10.1. The molecule has 7 heteroatoms. The van der Waals surface area contributed by atoms with Gasteiger partial charge in [0, 0.05) is 28.7 Å². The Morgan fingerprint density at radius 1 is 1.11 bits per heavy atom. The van der Waals surface area contributed by atoms with Crippen LogP contribution in [0.4, 0.5) is 0 Å². The van der Waals surface area contributed by atoms with E-state index >= 15 is 0 Å². The molecule has 1 amide bonds. The van der Waals surface area contributed by atoms with Crippen molar-refractivity contribution in [3.05, 3.63) is 75.8 Å². The predicted octanol–water partition coefficient (Wildman–Crippen LogP) is 4.22. The molecule has 0 saturated carbocycles. The minimum atomic E-state index is -3.11. The van der Waals surface area contributed by atoms with E-state index in [1.807, 2.05) is 30.3 Å². The molecule has 0 aliphatic carbocycles. The summed E-state index contributed by atoms with van der Waals surface area (Å²) in [4.78, 5) is 14.5. The summed E-state index contributed by atoms with van der Waals surface area (Å²) in [5.74, 6) is -0.144. The number of benzene rings is 2. The highest BCUT2D eigenvalue weighted by Gasteiger charge is 2.34. The van der Waals surface area contributed by atoms with Crippen molar-refractivity contribution in [3.63, 3.8) is 0 Å². The quantitative estimate of drug-likeness (QED) is 0.676. The lowest BCUT2D eigenvalue weighted by molar-refractivity contribution is -0.128. The molecular formula is C20H19Cl2NO3S. The van der Waals surface area contributed by atoms with Crippen LogP contribution in [0.3, 0.4) is 0 Å². The first-order valence-corrected chi connectivity index (χ1v) is 11.1. The molecule has 0 N–H and O–H groups in total. The third kappa shape index (κ3) is 5.34. The van der Waals surface area contributed by atoms with E-state index in [-0.39, 0.29) is 23.5 Å². The molecule has 0 radical (unpaired) electrons. The number of hydrogen-bond donors (Lipinski definition) is 0. The summed E-state index contributed by atoms with van der Waals surface area (Å²) in [6, 6.07) is 14.1. The Bertz CT molecular complexity index is 955. The zero-order valence-corrected chi connectivity index (χ0v) is 16.8. The van der Waals surface area contributed by atoms with Crippen LogP contribution in [0.25, 0.3) is 6.08 Å². The van der Waals surface area contributed by atoms with Crippen LogP contribution in [0.5, 0.6) is 0 Å². The topological polar surface area (TPSA) is 54.5 Å². The molecule has 0 aromatic heterocycles. The Morgan fingerprint density at radius 2 is 1.81 bits per heavy atom. The van der Waals surface area contributed by atoms with Gasteiger partial charge in [-0.25, -0.2) is 8.42 Å². The molecule has 0 spiro atoms. The summed E-state index contributed by atoms with van der Waals surface area (Å²) < 4.78 is 23.8. The molecule has 1 aliphatic rings. The number of sulfone groups is 1. The number of halogens is 2. The van der Waals surface area contributed by atoms with E-state index in [1.165, 1.54) is 6.08 Å². The van der Waals surface area contributed by atoms with Crippen LogP contribution in [0.15, 0.2) is 54.6 Å². The number of amides is 1. The highest BCUT2D eigenvalue weighted by atomic mass is 35.5. The fourth-order valence-corrected chi connectivity index (χ4v) is 5.12. The van der Waals surface area contributed by atoms with Crippen molar-refractivity contribution in [2.45, 2.75) is 19.0 Å². The van der Waals surface area contributed by atoms with Gasteiger partial charge >= 0.3 is 0 Å². The molecule has 0 bridgehead atoms. The van der Waals surface area contributed by atoms with E-state index in [4.69, 9.17) is 23.2 Å². The summed E-state index contributed by atoms with van der Waals surface area (Å²) in [6.07, 6.45) is 3.55. The van der Waals surface area contributed by atoms with Crippen LogP contribution >= 0.6 is 23.2 Å². The second-order valence-corrected chi connectivity index (χ2v) is 9.58. The van der Waals surface area contributed by atoms with Crippen molar-refractivity contribution in [2.75, 3.05) is 11.5 Å². The second-order valence-electron chi connectivity index (χ2n) is 6.50. The molecule has 4 nitrogen and oxygen atoms in total. The summed E-state index contributed by atoms with van der Waals surface area (Å²) >= 11 is 12.1. The SMILES string of the molecule is O=C(/C=C/c1ccccc1Cl)N(Cc1ccc(Cl)cc1)C1CCS(=O)(=O)C1. The third-order valence-electron chi connectivity index (χ3n) is 4.51. The van der Waals surface area contributed by atoms with Crippen LogP contribution in [0.1, 0.15) is 17.5 Å². The van der Waals surface area contributed by atoms with Crippen LogP contribution in [-0.2, 0) is 21.2 Å². The van der Waals surface area contributed by atoms with Gasteiger partial charge in [0.25, 0.3) is 0 Å². The summed E-state index contributed by atoms with van der Waals surface area (Å²) in [5.41, 5.74) is 1.63. The maximum absolute atomic E-state index is 12.9. The lowest BCUT2D eigenvalue weighted by Gasteiger charge is -2.27. The van der Waals surface area contributed by atoms with Gasteiger partial charge in [-0.2, -0.15) is 0 Å². The molecule has 1 heterocycles. The van der Waals surface area contributed by atoms with E-state index in [1.54, 1.807) is 29.2 Å². The first-order chi connectivity index (χ1) is 12.8. The van der Waals surface area contributed by atoms with Crippen LogP contribution in [0.2, 0.25) is 10.0 Å². The van der Waals surface area contributed by atoms with Gasteiger partial charge in [-0.05, 0) is 41.8 Å². The van der Waals surface area contributed by atoms with Gasteiger partial charge in [-0.1, -0.05) is 53.5 Å². The molecule has 1 saturated heterocycles. The van der Waals surface area contributed by atoms with Crippen molar-refractivity contribution in [3.8, 4) is 0 Å². The molecule has 27 heavy (non-hydrogen) atoms. The molecule has 142 valence electrons. The zero-order valence-electron chi connectivity index (χ0n) is 14.5. The molecule has 1 atom stereocenters. The second kappa shape index (κ2) is 8.46. The Balaban J connectivity index is 1.83. The normalized spacial score (nSPS) is 18.7. The highest BCUT2D eigenvalue weighted by Crippen LogP contribution is 2.22. The Kier molecular flexibility index (Phi) is 6.25. The summed E-state index contributed by atoms with van der Waals surface area (Å²) in [7, 11) is -3.11. The van der Waals surface area contributed by atoms with E-state index in [9.17, 15) is 13.2 Å². The molecular weight excluding hydrogens is 405 g/mol. The maximum Gasteiger partial charge on any atom is 0.247 e. The molecule has 1 fully saturated rings. The van der Waals surface area contributed by atoms with Gasteiger partial charge in [0.15, 0.2) is 9.84 Å². The first-order valence-electron chi connectivity index (χ1n) is 8.52. The van der Waals surface area contributed by atoms with Gasteiger partial charge in [-0.15, -0.1) is 0 Å². The van der Waals surface area contributed by atoms with Crippen molar-refractivity contribution in [2.24, 2.45) is 0 Å². The molecule has 1 unspecified atom stereocenters. The highest BCUT2D eigenvalue weighted by molar-refractivity contribution is 7.91. The average molecular weight is 424 g/mol. The average Bonchev–Trinajstić information content (AvgIpc) is 3.00. The fourth-order valence-electron chi connectivity index (χ4n) is 3.06. The van der Waals surface area contributed by atoms with E-state index in [0.717, 1.165) is 11.1 Å². The van der Waals surface area contributed by atoms with E-state index in [2.05, 4.69) is 0 Å². The molecule has 2 aromatic rings. The van der Waals surface area contributed by atoms with Crippen molar-refractivity contribution >= 4 is 45.0 Å². The number of nitrogens with zero attached hydrogens (tertiary/aromatic N) is 1. The maximum atomic E-state index is 12.9. The smallest absolute Gasteiger partial charge is 0.247 e. The standard InChI is InChI=1S/C20H19Cl2NO3S/c21-17-8-5-15(6-9-17)13-23(18-11-12-27(25,26)14-18)20(24)10-7-16-3-1-2-4-19(16)22/h1-10,18H,11-14H2/b10-7+. The molecule has 1 aliphatic heterocycles. The first kappa shape index (κ1) is 19.9. The minimum Gasteiger partial charge on any atom is -0.331 e. The third-order valence-corrected chi connectivity index (χ3v) is 6.86. The Labute approximate surface area is 169 Å². The van der Waals surface area contributed by atoms with Gasteiger partial charge in [0.05, 0.1) is 11.5 Å². The Morgan fingerprint density at radius 3 is 2.44 bits per heavy atom. The van der Waals surface area contributed by atoms with Gasteiger partial charge in [-0.3, -0.25) is 4.79 Å². The van der Waals surface area contributed by atoms with Crippen molar-refractivity contribution in [1.29, 1.82) is 0 Å². The van der Waals surface area contributed by atoms with E-state index < -0.39 is 9.84 Å². The van der Waals surface area contributed by atoms with Crippen LogP contribution in [-0.4, -0.2) is 36.8 Å². The van der Waals surface area contributed by atoms with Gasteiger partial charge in [0.2, 0.25) is 5.91 Å². The predicted molar refractivity (Wildman–Crippen MR) is 110 cm³/mol. The summed E-state index contributed by atoms with van der Waals surface area (Å²) in [5, 5.41) is 1.16. The number of carbonyl (C=O) groups is 1. The van der Waals surface area contributed by atoms with Crippen molar-refractivity contribution < 1.29 is 13.2 Å². The lowest BCUT2D eigenvalue weighted by Crippen LogP contribution is -2.39. The number of rotatable bonds is 5. The number of carbonyl (C=O) groups excluding carboxylic acids is 1. The summed E-state index contributed by atoms with van der Waals surface area (Å²) in [6.45, 7) is 0.322. The number of hydrogen-bond acceptors (Lipinski definition) is 3. The van der Waals surface area contributed by atoms with E-state index in [0.29, 0.717) is 23.0 Å². The minimum absolute atomic E-state index is 0.00768. The fraction of sp³-hybridized carbons (Fsp3) is 0.250. The molecule has 2 aromatic carbocycles. The van der Waals surface area contributed by atoms with Gasteiger partial charge < -0.3 is 4.90 Å². The molecule has 3 rings (SSSR count). The monoisotopic (exact) mass is 423 g/mol. The zero-order chi connectivity index (χ0) is 19.4. The van der Waals surface area contributed by atoms with Crippen LogP contribution in [0, 0.1) is 0 Å². The van der Waals surface area contributed by atoms with Crippen molar-refractivity contribution in [1.82, 2.24) is 4.90 Å². The Hall–Kier alpha value is -1.82. The van der Waals surface area contributed by atoms with Gasteiger partial charge in [0.1, 0.15) is 0 Å². The largest absolute Gasteiger partial charge is 0.331 e.